The van der Waals surface area contributed by atoms with Crippen LogP contribution in [0.25, 0.3) is 0 Å². The molecule has 6 nitrogen and oxygen atoms in total. The molecule has 1 aromatic carbocycles. The molecule has 1 aliphatic rings. The summed E-state index contributed by atoms with van der Waals surface area (Å²) in [4.78, 5) is 9.13. The van der Waals surface area contributed by atoms with E-state index in [-0.39, 0.29) is 12.2 Å². The Hall–Kier alpha value is -1.92. The third-order valence-electron chi connectivity index (χ3n) is 4.27. The summed E-state index contributed by atoms with van der Waals surface area (Å²) in [6.45, 7) is 10.9. The van der Waals surface area contributed by atoms with E-state index in [9.17, 15) is 0 Å². The highest BCUT2D eigenvalue weighted by Gasteiger charge is 2.23. The second kappa shape index (κ2) is 7.77. The Bertz CT molecular complexity index is 619. The Labute approximate surface area is 143 Å². The summed E-state index contributed by atoms with van der Waals surface area (Å²) < 4.78 is 6.17. The van der Waals surface area contributed by atoms with Crippen molar-refractivity contribution in [1.82, 2.24) is 20.1 Å². The lowest BCUT2D eigenvalue weighted by Crippen LogP contribution is -2.48. The molecule has 0 spiro atoms. The topological polar surface area (TPSA) is 57.3 Å². The normalized spacial score (nSPS) is 17.4. The Balaban J connectivity index is 1.58. The minimum Gasteiger partial charge on any atom is -0.370 e. The zero-order chi connectivity index (χ0) is 16.9. The van der Waals surface area contributed by atoms with Crippen LogP contribution in [0.1, 0.15) is 31.3 Å². The molecule has 3 rings (SSSR count). The number of benzene rings is 1. The van der Waals surface area contributed by atoms with Gasteiger partial charge in [0.25, 0.3) is 0 Å². The van der Waals surface area contributed by atoms with Gasteiger partial charge >= 0.3 is 0 Å². The van der Waals surface area contributed by atoms with E-state index >= 15 is 0 Å². The molecule has 130 valence electrons. The van der Waals surface area contributed by atoms with Gasteiger partial charge in [0.1, 0.15) is 5.82 Å². The molecule has 0 aliphatic carbocycles. The number of rotatable bonds is 6. The zero-order valence-corrected chi connectivity index (χ0v) is 14.8. The van der Waals surface area contributed by atoms with Crippen molar-refractivity contribution in [3.05, 3.63) is 41.7 Å². The number of hydrogen-bond acceptors (Lipinski definition) is 5. The van der Waals surface area contributed by atoms with Gasteiger partial charge in [-0.2, -0.15) is 4.98 Å². The van der Waals surface area contributed by atoms with E-state index < -0.39 is 0 Å². The van der Waals surface area contributed by atoms with E-state index in [0.717, 1.165) is 44.5 Å². The fourth-order valence-corrected chi connectivity index (χ4v) is 3.06. The number of aromatic nitrogens is 3. The van der Waals surface area contributed by atoms with Gasteiger partial charge in [-0.05, 0) is 26.3 Å². The molecule has 1 atom stereocenters. The second-order valence-corrected chi connectivity index (χ2v) is 6.59. The maximum Gasteiger partial charge on any atom is 0.244 e. The number of anilines is 1. The van der Waals surface area contributed by atoms with Crippen LogP contribution in [-0.2, 0) is 4.74 Å². The predicted molar refractivity (Wildman–Crippen MR) is 95.2 cm³/mol. The van der Waals surface area contributed by atoms with Gasteiger partial charge in [-0.25, -0.2) is 0 Å². The monoisotopic (exact) mass is 329 g/mol. The summed E-state index contributed by atoms with van der Waals surface area (Å²) >= 11 is 0. The first-order valence-corrected chi connectivity index (χ1v) is 8.68. The number of hydrogen-bond donors (Lipinski definition) is 1. The first kappa shape index (κ1) is 16.9. The van der Waals surface area contributed by atoms with Crippen LogP contribution in [0.4, 0.5) is 5.95 Å². The number of nitrogens with one attached hydrogen (secondary N) is 1. The molecule has 1 unspecified atom stereocenters. The molecule has 1 aromatic heterocycles. The summed E-state index contributed by atoms with van der Waals surface area (Å²) in [7, 11) is 0. The molecule has 0 amide bonds. The first-order valence-electron chi connectivity index (χ1n) is 8.68. The Kier molecular flexibility index (Phi) is 5.48. The fourth-order valence-electron chi connectivity index (χ4n) is 3.06. The van der Waals surface area contributed by atoms with Gasteiger partial charge in [-0.1, -0.05) is 30.3 Å². The Morgan fingerprint density at radius 2 is 1.83 bits per heavy atom. The summed E-state index contributed by atoms with van der Waals surface area (Å²) in [5.74, 6) is 1.67. The Morgan fingerprint density at radius 3 is 2.42 bits per heavy atom. The number of nitrogens with zero attached hydrogens (tertiary/aromatic N) is 4. The van der Waals surface area contributed by atoms with E-state index in [1.54, 1.807) is 0 Å². The third kappa shape index (κ3) is 4.33. The van der Waals surface area contributed by atoms with Crippen molar-refractivity contribution in [1.29, 1.82) is 0 Å². The minimum atomic E-state index is 0.114. The first-order chi connectivity index (χ1) is 11.6. The lowest BCUT2D eigenvalue weighted by atomic mass is 10.1. The number of aromatic amines is 1. The summed E-state index contributed by atoms with van der Waals surface area (Å²) in [5, 5.41) is 7.18. The number of ether oxygens (including phenoxy) is 1. The molecule has 0 radical (unpaired) electrons. The van der Waals surface area contributed by atoms with Crippen LogP contribution in [0.3, 0.4) is 0 Å². The molecule has 1 fully saturated rings. The molecule has 2 heterocycles. The van der Waals surface area contributed by atoms with E-state index in [0.29, 0.717) is 0 Å². The molecular weight excluding hydrogens is 302 g/mol. The standard InChI is InChI=1S/C18H27N5O/c1-14(2)24-17(16-7-5-4-6-8-16)13-22-9-11-23(12-10-22)18-19-15(3)20-21-18/h4-8,14,17H,9-13H2,1-3H3,(H,19,20,21). The van der Waals surface area contributed by atoms with Crippen LogP contribution in [0.2, 0.25) is 0 Å². The zero-order valence-electron chi connectivity index (χ0n) is 14.8. The van der Waals surface area contributed by atoms with Crippen molar-refractivity contribution in [2.75, 3.05) is 37.6 Å². The van der Waals surface area contributed by atoms with Gasteiger partial charge in [-0.3, -0.25) is 10.00 Å². The van der Waals surface area contributed by atoms with Gasteiger partial charge in [-0.15, -0.1) is 5.10 Å². The second-order valence-electron chi connectivity index (χ2n) is 6.59. The van der Waals surface area contributed by atoms with Gasteiger partial charge in [0, 0.05) is 32.7 Å². The third-order valence-corrected chi connectivity index (χ3v) is 4.27. The summed E-state index contributed by atoms with van der Waals surface area (Å²) in [6.07, 6.45) is 0.330. The molecule has 0 saturated carbocycles. The average molecular weight is 329 g/mol. The van der Waals surface area contributed by atoms with Crippen molar-refractivity contribution >= 4 is 5.95 Å². The number of H-pyrrole nitrogens is 1. The molecular formula is C18H27N5O. The van der Waals surface area contributed by atoms with Crippen molar-refractivity contribution in [3.63, 3.8) is 0 Å². The van der Waals surface area contributed by atoms with Crippen LogP contribution in [0.5, 0.6) is 0 Å². The van der Waals surface area contributed by atoms with E-state index in [2.05, 4.69) is 63.1 Å². The fraction of sp³-hybridized carbons (Fsp3) is 0.556. The molecule has 24 heavy (non-hydrogen) atoms. The lowest BCUT2D eigenvalue weighted by Gasteiger charge is -2.36. The van der Waals surface area contributed by atoms with Crippen LogP contribution in [0, 0.1) is 6.92 Å². The van der Waals surface area contributed by atoms with Crippen molar-refractivity contribution < 1.29 is 4.74 Å². The van der Waals surface area contributed by atoms with Crippen LogP contribution < -0.4 is 4.90 Å². The van der Waals surface area contributed by atoms with Gasteiger partial charge in [0.05, 0.1) is 12.2 Å². The molecule has 1 N–H and O–H groups in total. The summed E-state index contributed by atoms with van der Waals surface area (Å²) in [6, 6.07) is 10.5. The largest absolute Gasteiger partial charge is 0.370 e. The maximum atomic E-state index is 6.17. The van der Waals surface area contributed by atoms with E-state index in [1.165, 1.54) is 5.56 Å². The Morgan fingerprint density at radius 1 is 1.12 bits per heavy atom. The van der Waals surface area contributed by atoms with Crippen molar-refractivity contribution in [3.8, 4) is 0 Å². The van der Waals surface area contributed by atoms with Crippen molar-refractivity contribution in [2.45, 2.75) is 33.0 Å². The smallest absolute Gasteiger partial charge is 0.244 e. The SMILES string of the molecule is Cc1nc(N2CCN(CC(OC(C)C)c3ccccc3)CC2)n[nH]1. The van der Waals surface area contributed by atoms with Gasteiger partial charge in [0.2, 0.25) is 5.95 Å². The van der Waals surface area contributed by atoms with Crippen LogP contribution in [0.15, 0.2) is 30.3 Å². The highest BCUT2D eigenvalue weighted by molar-refractivity contribution is 5.29. The average Bonchev–Trinajstić information content (AvgIpc) is 3.02. The molecule has 1 aliphatic heterocycles. The van der Waals surface area contributed by atoms with Gasteiger partial charge < -0.3 is 9.64 Å². The van der Waals surface area contributed by atoms with Crippen LogP contribution >= 0.6 is 0 Å². The quantitative estimate of drug-likeness (QED) is 0.882. The predicted octanol–water partition coefficient (Wildman–Crippen LogP) is 2.40. The maximum absolute atomic E-state index is 6.17. The number of piperazine rings is 1. The molecule has 6 heteroatoms. The van der Waals surface area contributed by atoms with E-state index in [1.807, 2.05) is 13.0 Å². The lowest BCUT2D eigenvalue weighted by molar-refractivity contribution is -0.0144. The molecule has 1 saturated heterocycles. The summed E-state index contributed by atoms with van der Waals surface area (Å²) in [5.41, 5.74) is 1.25. The highest BCUT2D eigenvalue weighted by Crippen LogP contribution is 2.21. The highest BCUT2D eigenvalue weighted by atomic mass is 16.5. The molecule has 0 bridgehead atoms. The van der Waals surface area contributed by atoms with E-state index in [4.69, 9.17) is 4.74 Å². The van der Waals surface area contributed by atoms with Gasteiger partial charge in [0.15, 0.2) is 0 Å². The number of aryl methyl sites for hydroxylation is 1. The van der Waals surface area contributed by atoms with Crippen LogP contribution in [-0.4, -0.2) is 58.9 Å². The molecule has 2 aromatic rings. The minimum absolute atomic E-state index is 0.114. The van der Waals surface area contributed by atoms with Crippen molar-refractivity contribution in [2.24, 2.45) is 0 Å².